The Bertz CT molecular complexity index is 915. The minimum Gasteiger partial charge on any atom is -0.491 e. The Labute approximate surface area is 162 Å². The second-order valence-electron chi connectivity index (χ2n) is 6.31. The maximum atomic E-state index is 6.57. The quantitative estimate of drug-likeness (QED) is 0.831. The zero-order valence-electron chi connectivity index (χ0n) is 14.4. The van der Waals surface area contributed by atoms with E-state index in [1.807, 2.05) is 6.92 Å². The summed E-state index contributed by atoms with van der Waals surface area (Å²) in [6, 6.07) is 1.71. The monoisotopic (exact) mass is 391 g/mol. The summed E-state index contributed by atoms with van der Waals surface area (Å²) >= 11 is 12.9. The van der Waals surface area contributed by atoms with Gasteiger partial charge in [0.2, 0.25) is 5.95 Å². The predicted octanol–water partition coefficient (Wildman–Crippen LogP) is 3.36. The molecule has 2 aliphatic rings. The molecule has 0 fully saturated rings. The van der Waals surface area contributed by atoms with Crippen LogP contribution in [0.5, 0.6) is 5.75 Å². The van der Waals surface area contributed by atoms with Gasteiger partial charge in [0.1, 0.15) is 5.75 Å². The highest BCUT2D eigenvalue weighted by Gasteiger charge is 2.31. The van der Waals surface area contributed by atoms with E-state index in [0.29, 0.717) is 35.5 Å². The van der Waals surface area contributed by atoms with Gasteiger partial charge in [-0.05, 0) is 13.0 Å². The molecule has 0 aliphatic carbocycles. The zero-order valence-corrected chi connectivity index (χ0v) is 15.9. The van der Waals surface area contributed by atoms with E-state index in [0.717, 1.165) is 46.9 Å². The van der Waals surface area contributed by atoms with Gasteiger partial charge in [0.05, 0.1) is 40.4 Å². The van der Waals surface area contributed by atoms with E-state index in [2.05, 4.69) is 26.8 Å². The van der Waals surface area contributed by atoms with Crippen molar-refractivity contribution in [2.75, 3.05) is 18.9 Å². The van der Waals surface area contributed by atoms with Crippen molar-refractivity contribution in [3.63, 3.8) is 0 Å². The molecule has 136 valence electrons. The number of anilines is 1. The van der Waals surface area contributed by atoms with E-state index < -0.39 is 0 Å². The number of hydrogen-bond donors (Lipinski definition) is 2. The molecule has 0 saturated heterocycles. The number of rotatable bonds is 4. The van der Waals surface area contributed by atoms with Crippen LogP contribution in [0.2, 0.25) is 10.0 Å². The molecule has 8 heteroatoms. The average Bonchev–Trinajstić information content (AvgIpc) is 3.21. The van der Waals surface area contributed by atoms with Crippen LogP contribution in [0.4, 0.5) is 5.95 Å². The number of halogens is 2. The van der Waals surface area contributed by atoms with E-state index in [9.17, 15) is 0 Å². The third kappa shape index (κ3) is 2.73. The standard InChI is InChI=1S/C18H19Cl2N5O/c1-3-22-9(2)25-7-11-14(8-25)23-18(21)24-16(11)15-10-4-5-26-17(10)13(20)6-12(15)19/h6,22H,2-5,7-8H2,1H3,(H2,21,23,24). The summed E-state index contributed by atoms with van der Waals surface area (Å²) in [5, 5.41) is 4.31. The second-order valence-corrected chi connectivity index (χ2v) is 7.12. The molecule has 3 heterocycles. The van der Waals surface area contributed by atoms with Crippen LogP contribution in [-0.2, 0) is 19.5 Å². The van der Waals surface area contributed by atoms with Crippen molar-refractivity contribution in [3.8, 4) is 17.0 Å². The number of aromatic nitrogens is 2. The molecule has 1 aromatic heterocycles. The molecule has 0 atom stereocenters. The van der Waals surface area contributed by atoms with Gasteiger partial charge in [0, 0.05) is 36.2 Å². The number of hydrogen-bond acceptors (Lipinski definition) is 6. The van der Waals surface area contributed by atoms with E-state index in [4.69, 9.17) is 33.7 Å². The summed E-state index contributed by atoms with van der Waals surface area (Å²) in [5.41, 5.74) is 10.5. The van der Waals surface area contributed by atoms with Crippen molar-refractivity contribution in [2.24, 2.45) is 0 Å². The first-order valence-electron chi connectivity index (χ1n) is 8.46. The summed E-state index contributed by atoms with van der Waals surface area (Å²) in [7, 11) is 0. The maximum Gasteiger partial charge on any atom is 0.220 e. The molecule has 0 unspecified atom stereocenters. The molecule has 0 radical (unpaired) electrons. The van der Waals surface area contributed by atoms with Crippen molar-refractivity contribution in [1.82, 2.24) is 20.2 Å². The van der Waals surface area contributed by atoms with Crippen LogP contribution >= 0.6 is 23.2 Å². The van der Waals surface area contributed by atoms with Crippen molar-refractivity contribution >= 4 is 29.2 Å². The topological polar surface area (TPSA) is 76.3 Å². The molecule has 0 saturated carbocycles. The highest BCUT2D eigenvalue weighted by atomic mass is 35.5. The van der Waals surface area contributed by atoms with Crippen molar-refractivity contribution in [3.05, 3.63) is 45.3 Å². The van der Waals surface area contributed by atoms with Gasteiger partial charge in [-0.1, -0.05) is 29.8 Å². The first-order valence-corrected chi connectivity index (χ1v) is 9.22. The van der Waals surface area contributed by atoms with Gasteiger partial charge in [-0.15, -0.1) is 0 Å². The molecular weight excluding hydrogens is 373 g/mol. The van der Waals surface area contributed by atoms with E-state index >= 15 is 0 Å². The van der Waals surface area contributed by atoms with Crippen LogP contribution in [-0.4, -0.2) is 28.0 Å². The summed E-state index contributed by atoms with van der Waals surface area (Å²) in [6.07, 6.45) is 0.734. The van der Waals surface area contributed by atoms with Crippen molar-refractivity contribution < 1.29 is 4.74 Å². The summed E-state index contributed by atoms with van der Waals surface area (Å²) in [6.45, 7) is 8.79. The smallest absolute Gasteiger partial charge is 0.220 e. The Morgan fingerprint density at radius 1 is 1.31 bits per heavy atom. The van der Waals surface area contributed by atoms with Crippen LogP contribution in [0.15, 0.2) is 18.5 Å². The number of fused-ring (bicyclic) bond motifs is 2. The lowest BCUT2D eigenvalue weighted by Gasteiger charge is -2.20. The molecule has 2 aliphatic heterocycles. The molecule has 0 bridgehead atoms. The van der Waals surface area contributed by atoms with Gasteiger partial charge in [-0.2, -0.15) is 0 Å². The fourth-order valence-corrected chi connectivity index (χ4v) is 4.19. The van der Waals surface area contributed by atoms with Gasteiger partial charge in [0.15, 0.2) is 0 Å². The Morgan fingerprint density at radius 2 is 2.12 bits per heavy atom. The predicted molar refractivity (Wildman–Crippen MR) is 103 cm³/mol. The maximum absolute atomic E-state index is 6.57. The third-order valence-corrected chi connectivity index (χ3v) is 5.26. The first kappa shape index (κ1) is 17.2. The van der Waals surface area contributed by atoms with Crippen LogP contribution in [0.3, 0.4) is 0 Å². The van der Waals surface area contributed by atoms with Crippen LogP contribution in [0, 0.1) is 0 Å². The number of nitrogen functional groups attached to an aromatic ring is 1. The molecule has 2 aromatic rings. The molecule has 26 heavy (non-hydrogen) atoms. The number of nitrogens with zero attached hydrogens (tertiary/aromatic N) is 3. The second kappa shape index (κ2) is 6.52. The van der Waals surface area contributed by atoms with Gasteiger partial charge in [0.25, 0.3) is 0 Å². The summed E-state index contributed by atoms with van der Waals surface area (Å²) in [4.78, 5) is 11.1. The molecule has 6 nitrogen and oxygen atoms in total. The normalized spacial score (nSPS) is 14.8. The number of ether oxygens (including phenoxy) is 1. The molecule has 1 aromatic carbocycles. The minimum atomic E-state index is 0.230. The van der Waals surface area contributed by atoms with E-state index in [-0.39, 0.29) is 5.95 Å². The van der Waals surface area contributed by atoms with Crippen LogP contribution in [0.1, 0.15) is 23.7 Å². The number of nitrogens with two attached hydrogens (primary N) is 1. The fraction of sp³-hybridized carbons (Fsp3) is 0.333. The minimum absolute atomic E-state index is 0.230. The largest absolute Gasteiger partial charge is 0.491 e. The molecule has 4 rings (SSSR count). The van der Waals surface area contributed by atoms with E-state index in [1.165, 1.54) is 0 Å². The van der Waals surface area contributed by atoms with Gasteiger partial charge in [-0.25, -0.2) is 9.97 Å². The number of nitrogens with one attached hydrogen (secondary N) is 1. The average molecular weight is 392 g/mol. The Hall–Kier alpha value is -2.18. The Balaban J connectivity index is 1.85. The fourth-order valence-electron chi connectivity index (χ4n) is 3.54. The van der Waals surface area contributed by atoms with Crippen LogP contribution in [0.25, 0.3) is 11.3 Å². The lowest BCUT2D eigenvalue weighted by Crippen LogP contribution is -2.26. The lowest BCUT2D eigenvalue weighted by atomic mass is 9.98. The van der Waals surface area contributed by atoms with E-state index in [1.54, 1.807) is 6.07 Å². The molecular formula is C18H19Cl2N5O. The van der Waals surface area contributed by atoms with Crippen molar-refractivity contribution in [2.45, 2.75) is 26.4 Å². The summed E-state index contributed by atoms with van der Waals surface area (Å²) < 4.78 is 5.69. The molecule has 0 amide bonds. The highest BCUT2D eigenvalue weighted by molar-refractivity contribution is 6.37. The number of benzene rings is 1. The zero-order chi connectivity index (χ0) is 18.4. The van der Waals surface area contributed by atoms with Crippen molar-refractivity contribution in [1.29, 1.82) is 0 Å². The Morgan fingerprint density at radius 3 is 2.88 bits per heavy atom. The van der Waals surface area contributed by atoms with Gasteiger partial charge < -0.3 is 20.7 Å². The SMILES string of the molecule is C=C(NCC)N1Cc2nc(N)nc(-c3c(Cl)cc(Cl)c4c3CCO4)c2C1. The molecule has 3 N–H and O–H groups in total. The first-order chi connectivity index (χ1) is 12.5. The van der Waals surface area contributed by atoms with Crippen LogP contribution < -0.4 is 15.8 Å². The van der Waals surface area contributed by atoms with Gasteiger partial charge in [-0.3, -0.25) is 0 Å². The Kier molecular flexibility index (Phi) is 4.32. The third-order valence-electron chi connectivity index (χ3n) is 4.68. The van der Waals surface area contributed by atoms with Gasteiger partial charge >= 0.3 is 0 Å². The molecule has 0 spiro atoms. The lowest BCUT2D eigenvalue weighted by molar-refractivity contribution is 0.336. The highest BCUT2D eigenvalue weighted by Crippen LogP contribution is 2.46. The summed E-state index contributed by atoms with van der Waals surface area (Å²) in [5.74, 6) is 1.77.